The van der Waals surface area contributed by atoms with Crippen LogP contribution in [0.5, 0.6) is 5.75 Å². The fraction of sp³-hybridized carbons (Fsp3) is 0.618. The summed E-state index contributed by atoms with van der Waals surface area (Å²) in [5.74, 6) is 9.13. The molecule has 3 rings (SSSR count). The first kappa shape index (κ1) is 33.2. The molecule has 0 heterocycles. The van der Waals surface area contributed by atoms with Crippen molar-refractivity contribution in [3.8, 4) is 17.6 Å². The molecule has 226 valence electrons. The third-order valence-corrected chi connectivity index (χ3v) is 8.95. The smallest absolute Gasteiger partial charge is 0.466 e. The number of carbonyl (C=O) groups excluding carboxylic acids is 1. The lowest BCUT2D eigenvalue weighted by Gasteiger charge is -2.25. The maximum atomic E-state index is 12.3. The molecule has 41 heavy (non-hydrogen) atoms. The van der Waals surface area contributed by atoms with Gasteiger partial charge in [-0.1, -0.05) is 62.8 Å². The quantitative estimate of drug-likeness (QED) is 0.0710. The summed E-state index contributed by atoms with van der Waals surface area (Å²) in [6.45, 7) is 8.58. The molecule has 0 aromatic heterocycles. The molecule has 2 fully saturated rings. The van der Waals surface area contributed by atoms with Gasteiger partial charge in [-0.3, -0.25) is 14.6 Å². The third kappa shape index (κ3) is 11.8. The fourth-order valence-electron chi connectivity index (χ4n) is 6.27. The Morgan fingerprint density at radius 3 is 2.76 bits per heavy atom. The molecule has 2 saturated carbocycles. The average molecular weight is 585 g/mol. The molecule has 6 nitrogen and oxygen atoms in total. The van der Waals surface area contributed by atoms with E-state index in [1.165, 1.54) is 25.7 Å². The molecule has 2 aliphatic rings. The highest BCUT2D eigenvalue weighted by molar-refractivity contribution is 7.46. The Labute approximate surface area is 247 Å². The number of fused-ring (bicyclic) bond motifs is 1. The standard InChI is InChI=1S/C34H49O6P/c1-5-6-12-26(2)13-11-16-28-19-20-29-23-27(24-31(28)29)14-7-10-18-33(35)39-22-21-34(3,4)25-30-15-8-9-17-32(30)40-41(36,37)38/h8-9,11,14-17,26,28-29,31H,7,10,12-13,18-25H2,1-4H3,(H2,36,37,38)/b16-11+,27-14+/t26?,28-,29+,31+/m0/s1. The summed E-state index contributed by atoms with van der Waals surface area (Å²) in [5, 5.41) is 0. The summed E-state index contributed by atoms with van der Waals surface area (Å²) < 4.78 is 21.7. The van der Waals surface area contributed by atoms with Crippen molar-refractivity contribution in [1.82, 2.24) is 0 Å². The minimum atomic E-state index is -4.63. The van der Waals surface area contributed by atoms with Crippen molar-refractivity contribution in [3.63, 3.8) is 0 Å². The van der Waals surface area contributed by atoms with Gasteiger partial charge < -0.3 is 9.26 Å². The first-order chi connectivity index (χ1) is 19.5. The molecule has 0 amide bonds. The van der Waals surface area contributed by atoms with Crippen LogP contribution in [-0.4, -0.2) is 22.4 Å². The second-order valence-corrected chi connectivity index (χ2v) is 13.9. The van der Waals surface area contributed by atoms with Crippen LogP contribution in [0.2, 0.25) is 0 Å². The number of phosphoric ester groups is 1. The molecular formula is C34H49O6P. The molecule has 1 aromatic carbocycles. The van der Waals surface area contributed by atoms with E-state index in [-0.39, 0.29) is 17.1 Å². The van der Waals surface area contributed by atoms with E-state index >= 15 is 0 Å². The zero-order valence-corrected chi connectivity index (χ0v) is 26.2. The van der Waals surface area contributed by atoms with E-state index in [1.807, 2.05) is 26.8 Å². The number of allylic oxidation sites excluding steroid dienone is 4. The topological polar surface area (TPSA) is 93.1 Å². The number of hydrogen-bond donors (Lipinski definition) is 2. The van der Waals surface area contributed by atoms with Gasteiger partial charge in [0.15, 0.2) is 0 Å². The van der Waals surface area contributed by atoms with Gasteiger partial charge in [0, 0.05) is 12.8 Å². The van der Waals surface area contributed by atoms with Crippen LogP contribution in [-0.2, 0) is 20.5 Å². The van der Waals surface area contributed by atoms with Crippen molar-refractivity contribution in [2.45, 2.75) is 98.3 Å². The monoisotopic (exact) mass is 584 g/mol. The lowest BCUT2D eigenvalue weighted by Crippen LogP contribution is -2.19. The average Bonchev–Trinajstić information content (AvgIpc) is 3.46. The first-order valence-electron chi connectivity index (χ1n) is 15.2. The summed E-state index contributed by atoms with van der Waals surface area (Å²) >= 11 is 0. The zero-order chi connectivity index (χ0) is 29.9. The third-order valence-electron chi connectivity index (χ3n) is 8.52. The van der Waals surface area contributed by atoms with E-state index in [0.717, 1.165) is 37.5 Å². The summed E-state index contributed by atoms with van der Waals surface area (Å²) in [4.78, 5) is 30.7. The number of phosphoric acid groups is 1. The molecule has 4 atom stereocenters. The van der Waals surface area contributed by atoms with Crippen molar-refractivity contribution in [2.24, 2.45) is 29.1 Å². The van der Waals surface area contributed by atoms with Crippen LogP contribution in [0.3, 0.4) is 0 Å². The van der Waals surface area contributed by atoms with Crippen LogP contribution in [0.25, 0.3) is 0 Å². The van der Waals surface area contributed by atoms with Crippen LogP contribution in [0.4, 0.5) is 0 Å². The van der Waals surface area contributed by atoms with Crippen LogP contribution in [0.15, 0.2) is 48.1 Å². The number of ether oxygens (including phenoxy) is 1. The molecule has 1 unspecified atom stereocenters. The number of para-hydroxylation sites is 1. The molecule has 0 radical (unpaired) electrons. The number of esters is 1. The van der Waals surface area contributed by atoms with Crippen LogP contribution >= 0.6 is 7.82 Å². The van der Waals surface area contributed by atoms with Crippen LogP contribution < -0.4 is 4.52 Å². The largest absolute Gasteiger partial charge is 0.524 e. The Kier molecular flexibility index (Phi) is 12.8. The summed E-state index contributed by atoms with van der Waals surface area (Å²) in [5.41, 5.74) is 2.04. The Hall–Kier alpha value is -2.32. The molecule has 7 heteroatoms. The molecular weight excluding hydrogens is 535 g/mol. The first-order valence-corrected chi connectivity index (χ1v) is 16.7. The highest BCUT2D eigenvalue weighted by Gasteiger charge is 2.39. The maximum Gasteiger partial charge on any atom is 0.524 e. The normalized spacial score (nSPS) is 22.4. The number of rotatable bonds is 15. The van der Waals surface area contributed by atoms with Gasteiger partial charge in [0.05, 0.1) is 6.61 Å². The van der Waals surface area contributed by atoms with Crippen molar-refractivity contribution >= 4 is 13.8 Å². The fourth-order valence-corrected chi connectivity index (χ4v) is 6.70. The predicted molar refractivity (Wildman–Crippen MR) is 164 cm³/mol. The van der Waals surface area contributed by atoms with Gasteiger partial charge in [-0.15, -0.1) is 11.8 Å². The minimum Gasteiger partial charge on any atom is -0.466 e. The lowest BCUT2D eigenvalue weighted by molar-refractivity contribution is -0.144. The van der Waals surface area contributed by atoms with Gasteiger partial charge in [-0.25, -0.2) is 4.57 Å². The highest BCUT2D eigenvalue weighted by Crippen LogP contribution is 2.50. The summed E-state index contributed by atoms with van der Waals surface area (Å²) in [7, 11) is -4.63. The van der Waals surface area contributed by atoms with E-state index in [0.29, 0.717) is 43.3 Å². The minimum absolute atomic E-state index is 0.169. The van der Waals surface area contributed by atoms with Gasteiger partial charge in [0.2, 0.25) is 0 Å². The number of carbonyl (C=O) groups is 1. The SMILES string of the molecule is CC#CCC(C)C/C=C/[C@H]1CC[C@@H]2C/C(=C\CCCC(=O)OCCC(C)(C)Cc3ccccc3OP(=O)(O)O)C[C@@H]21. The van der Waals surface area contributed by atoms with Gasteiger partial charge in [0.25, 0.3) is 0 Å². The number of unbranched alkanes of at least 4 members (excludes halogenated alkanes) is 1. The molecule has 0 spiro atoms. The van der Waals surface area contributed by atoms with E-state index in [9.17, 15) is 19.1 Å². The molecule has 0 saturated heterocycles. The van der Waals surface area contributed by atoms with Crippen molar-refractivity contribution in [2.75, 3.05) is 6.61 Å². The van der Waals surface area contributed by atoms with Crippen LogP contribution in [0.1, 0.15) is 97.5 Å². The van der Waals surface area contributed by atoms with Crippen molar-refractivity contribution in [1.29, 1.82) is 0 Å². The molecule has 2 aliphatic carbocycles. The zero-order valence-electron chi connectivity index (χ0n) is 25.3. The van der Waals surface area contributed by atoms with E-state index in [1.54, 1.807) is 23.8 Å². The number of benzene rings is 1. The van der Waals surface area contributed by atoms with Crippen molar-refractivity contribution in [3.05, 3.63) is 53.6 Å². The van der Waals surface area contributed by atoms with E-state index in [2.05, 4.69) is 37.0 Å². The number of hydrogen-bond acceptors (Lipinski definition) is 4. The molecule has 1 aromatic rings. The van der Waals surface area contributed by atoms with Crippen LogP contribution in [0, 0.1) is 40.9 Å². The second kappa shape index (κ2) is 15.8. The Morgan fingerprint density at radius 1 is 1.22 bits per heavy atom. The Balaban J connectivity index is 1.34. The Morgan fingerprint density at radius 2 is 2.00 bits per heavy atom. The second-order valence-electron chi connectivity index (χ2n) is 12.7. The summed E-state index contributed by atoms with van der Waals surface area (Å²) in [6.07, 6.45) is 17.7. The molecule has 2 N–H and O–H groups in total. The van der Waals surface area contributed by atoms with Crippen molar-refractivity contribution < 1.29 is 28.4 Å². The Bertz CT molecular complexity index is 1170. The van der Waals surface area contributed by atoms with Gasteiger partial charge in [0.1, 0.15) is 5.75 Å². The maximum absolute atomic E-state index is 12.3. The lowest BCUT2D eigenvalue weighted by atomic mass is 9.83. The molecule has 0 bridgehead atoms. The molecule has 0 aliphatic heterocycles. The van der Waals surface area contributed by atoms with Gasteiger partial charge in [-0.2, -0.15) is 0 Å². The van der Waals surface area contributed by atoms with Gasteiger partial charge in [-0.05, 0) is 105 Å². The van der Waals surface area contributed by atoms with E-state index in [4.69, 9.17) is 9.26 Å². The van der Waals surface area contributed by atoms with E-state index < -0.39 is 7.82 Å². The summed E-state index contributed by atoms with van der Waals surface area (Å²) in [6, 6.07) is 6.85. The van der Waals surface area contributed by atoms with Gasteiger partial charge >= 0.3 is 13.8 Å². The highest BCUT2D eigenvalue weighted by atomic mass is 31.2. The predicted octanol–water partition coefficient (Wildman–Crippen LogP) is 8.19.